The molecule has 0 aromatic carbocycles. The summed E-state index contributed by atoms with van der Waals surface area (Å²) in [7, 11) is 1.93. The Bertz CT molecular complexity index is 321. The Hall–Kier alpha value is -0.940. The molecule has 5 heteroatoms. The average molecular weight is 225 g/mol. The van der Waals surface area contributed by atoms with E-state index in [9.17, 15) is 0 Å². The Morgan fingerprint density at radius 2 is 2.38 bits per heavy atom. The SMILES string of the molecule is CNC(C)Cc1noc(C2CCCCO2)n1. The molecule has 16 heavy (non-hydrogen) atoms. The molecule has 0 aliphatic carbocycles. The van der Waals surface area contributed by atoms with Crippen molar-refractivity contribution in [3.8, 4) is 0 Å². The predicted octanol–water partition coefficient (Wildman–Crippen LogP) is 1.46. The van der Waals surface area contributed by atoms with Crippen molar-refractivity contribution in [2.75, 3.05) is 13.7 Å². The highest BCUT2D eigenvalue weighted by atomic mass is 16.5. The number of hydrogen-bond acceptors (Lipinski definition) is 5. The van der Waals surface area contributed by atoms with Crippen molar-refractivity contribution in [1.29, 1.82) is 0 Å². The Morgan fingerprint density at radius 1 is 1.50 bits per heavy atom. The topological polar surface area (TPSA) is 60.2 Å². The summed E-state index contributed by atoms with van der Waals surface area (Å²) < 4.78 is 10.8. The fourth-order valence-electron chi connectivity index (χ4n) is 1.79. The maximum Gasteiger partial charge on any atom is 0.255 e. The van der Waals surface area contributed by atoms with Crippen LogP contribution in [0.15, 0.2) is 4.52 Å². The predicted molar refractivity (Wildman–Crippen MR) is 59.1 cm³/mol. The van der Waals surface area contributed by atoms with E-state index in [0.29, 0.717) is 11.9 Å². The van der Waals surface area contributed by atoms with Crippen molar-refractivity contribution in [3.05, 3.63) is 11.7 Å². The Balaban J connectivity index is 1.95. The minimum atomic E-state index is 0.0138. The minimum Gasteiger partial charge on any atom is -0.368 e. The van der Waals surface area contributed by atoms with Crippen LogP contribution >= 0.6 is 0 Å². The molecule has 0 amide bonds. The molecule has 0 bridgehead atoms. The van der Waals surface area contributed by atoms with Crippen molar-refractivity contribution < 1.29 is 9.26 Å². The van der Waals surface area contributed by atoms with E-state index in [1.165, 1.54) is 6.42 Å². The lowest BCUT2D eigenvalue weighted by atomic mass is 10.1. The molecule has 1 fully saturated rings. The van der Waals surface area contributed by atoms with Crippen LogP contribution in [-0.2, 0) is 11.2 Å². The molecule has 0 saturated carbocycles. The Morgan fingerprint density at radius 3 is 3.06 bits per heavy atom. The second-order valence-electron chi connectivity index (χ2n) is 4.30. The van der Waals surface area contributed by atoms with E-state index >= 15 is 0 Å². The monoisotopic (exact) mass is 225 g/mol. The lowest BCUT2D eigenvalue weighted by Crippen LogP contribution is -2.24. The Kier molecular flexibility index (Phi) is 3.90. The lowest BCUT2D eigenvalue weighted by molar-refractivity contribution is -0.00459. The van der Waals surface area contributed by atoms with Gasteiger partial charge in [-0.05, 0) is 33.2 Å². The van der Waals surface area contributed by atoms with Crippen LogP contribution in [0.25, 0.3) is 0 Å². The first-order chi connectivity index (χ1) is 7.79. The van der Waals surface area contributed by atoms with Crippen molar-refractivity contribution in [2.24, 2.45) is 0 Å². The highest BCUT2D eigenvalue weighted by Gasteiger charge is 2.22. The highest BCUT2D eigenvalue weighted by molar-refractivity contribution is 4.93. The molecule has 2 heterocycles. The molecule has 1 saturated heterocycles. The summed E-state index contributed by atoms with van der Waals surface area (Å²) in [6, 6.07) is 0.359. The zero-order valence-electron chi connectivity index (χ0n) is 9.90. The summed E-state index contributed by atoms with van der Waals surface area (Å²) in [5.74, 6) is 1.39. The zero-order valence-corrected chi connectivity index (χ0v) is 9.90. The van der Waals surface area contributed by atoms with E-state index in [-0.39, 0.29) is 6.10 Å². The highest BCUT2D eigenvalue weighted by Crippen LogP contribution is 2.26. The number of nitrogens with zero attached hydrogens (tertiary/aromatic N) is 2. The van der Waals surface area contributed by atoms with Gasteiger partial charge in [0.1, 0.15) is 6.10 Å². The molecule has 1 N–H and O–H groups in total. The molecule has 0 spiro atoms. The molecule has 2 rings (SSSR count). The number of rotatable bonds is 4. The van der Waals surface area contributed by atoms with E-state index in [4.69, 9.17) is 9.26 Å². The summed E-state index contributed by atoms with van der Waals surface area (Å²) in [5, 5.41) is 7.12. The van der Waals surface area contributed by atoms with E-state index in [1.54, 1.807) is 0 Å². The van der Waals surface area contributed by atoms with E-state index in [2.05, 4.69) is 22.4 Å². The zero-order chi connectivity index (χ0) is 11.4. The van der Waals surface area contributed by atoms with Crippen LogP contribution in [0.4, 0.5) is 0 Å². The van der Waals surface area contributed by atoms with Gasteiger partial charge in [-0.1, -0.05) is 5.16 Å². The van der Waals surface area contributed by atoms with Crippen LogP contribution in [0.3, 0.4) is 0 Å². The van der Waals surface area contributed by atoms with Crippen LogP contribution in [0.5, 0.6) is 0 Å². The fraction of sp³-hybridized carbons (Fsp3) is 0.818. The van der Waals surface area contributed by atoms with Crippen LogP contribution < -0.4 is 5.32 Å². The summed E-state index contributed by atoms with van der Waals surface area (Å²) in [5.41, 5.74) is 0. The fourth-order valence-corrected chi connectivity index (χ4v) is 1.79. The standard InChI is InChI=1S/C11H19N3O2/c1-8(12-2)7-10-13-11(16-14-10)9-5-3-4-6-15-9/h8-9,12H,3-7H2,1-2H3. The van der Waals surface area contributed by atoms with Crippen LogP contribution in [0.2, 0.25) is 0 Å². The van der Waals surface area contributed by atoms with Gasteiger partial charge in [-0.3, -0.25) is 0 Å². The third-order valence-corrected chi connectivity index (χ3v) is 2.92. The maximum absolute atomic E-state index is 5.60. The minimum absolute atomic E-state index is 0.0138. The quantitative estimate of drug-likeness (QED) is 0.840. The van der Waals surface area contributed by atoms with Crippen LogP contribution in [-0.4, -0.2) is 29.8 Å². The number of aromatic nitrogens is 2. The molecular weight excluding hydrogens is 206 g/mol. The third-order valence-electron chi connectivity index (χ3n) is 2.92. The molecule has 2 atom stereocenters. The molecule has 1 aliphatic rings. The largest absolute Gasteiger partial charge is 0.368 e. The lowest BCUT2D eigenvalue weighted by Gasteiger charge is -2.18. The van der Waals surface area contributed by atoms with Gasteiger partial charge >= 0.3 is 0 Å². The second kappa shape index (κ2) is 5.41. The second-order valence-corrected chi connectivity index (χ2v) is 4.30. The maximum atomic E-state index is 5.60. The van der Waals surface area contributed by atoms with Crippen molar-refractivity contribution in [2.45, 2.75) is 44.8 Å². The number of ether oxygens (including phenoxy) is 1. The van der Waals surface area contributed by atoms with Gasteiger partial charge in [-0.2, -0.15) is 4.98 Å². The van der Waals surface area contributed by atoms with Crippen molar-refractivity contribution >= 4 is 0 Å². The van der Waals surface area contributed by atoms with Crippen LogP contribution in [0.1, 0.15) is 44.0 Å². The molecule has 2 unspecified atom stereocenters. The Labute approximate surface area is 95.6 Å². The normalized spacial score (nSPS) is 23.2. The van der Waals surface area contributed by atoms with Gasteiger partial charge in [0.05, 0.1) is 0 Å². The molecule has 0 radical (unpaired) electrons. The third kappa shape index (κ3) is 2.80. The molecule has 90 valence electrons. The molecule has 5 nitrogen and oxygen atoms in total. The molecule has 1 aliphatic heterocycles. The first-order valence-corrected chi connectivity index (χ1v) is 5.91. The first kappa shape index (κ1) is 11.5. The van der Waals surface area contributed by atoms with Gasteiger partial charge in [0.25, 0.3) is 5.89 Å². The van der Waals surface area contributed by atoms with E-state index < -0.39 is 0 Å². The average Bonchev–Trinajstić information content (AvgIpc) is 2.78. The van der Waals surface area contributed by atoms with Crippen molar-refractivity contribution in [1.82, 2.24) is 15.5 Å². The van der Waals surface area contributed by atoms with Gasteiger partial charge in [0.15, 0.2) is 5.82 Å². The number of hydrogen-bond donors (Lipinski definition) is 1. The summed E-state index contributed by atoms with van der Waals surface area (Å²) in [6.45, 7) is 2.89. The van der Waals surface area contributed by atoms with Crippen molar-refractivity contribution in [3.63, 3.8) is 0 Å². The van der Waals surface area contributed by atoms with Gasteiger partial charge in [0, 0.05) is 19.1 Å². The number of nitrogens with one attached hydrogen (secondary N) is 1. The smallest absolute Gasteiger partial charge is 0.255 e. The van der Waals surface area contributed by atoms with Gasteiger partial charge in [0.2, 0.25) is 0 Å². The van der Waals surface area contributed by atoms with E-state index in [0.717, 1.165) is 31.7 Å². The summed E-state index contributed by atoms with van der Waals surface area (Å²) in [6.07, 6.45) is 4.10. The first-order valence-electron chi connectivity index (χ1n) is 5.91. The molecule has 1 aromatic heterocycles. The van der Waals surface area contributed by atoms with Crippen LogP contribution in [0, 0.1) is 0 Å². The van der Waals surface area contributed by atoms with Gasteiger partial charge in [-0.15, -0.1) is 0 Å². The van der Waals surface area contributed by atoms with Gasteiger partial charge < -0.3 is 14.6 Å². The summed E-state index contributed by atoms with van der Waals surface area (Å²) in [4.78, 5) is 4.38. The molecular formula is C11H19N3O2. The van der Waals surface area contributed by atoms with E-state index in [1.807, 2.05) is 7.05 Å². The number of likely N-dealkylation sites (N-methyl/N-ethyl adjacent to an activating group) is 1. The molecule has 1 aromatic rings. The summed E-state index contributed by atoms with van der Waals surface area (Å²) >= 11 is 0. The van der Waals surface area contributed by atoms with Gasteiger partial charge in [-0.25, -0.2) is 0 Å².